The Kier molecular flexibility index (Phi) is 4.33. The molecule has 0 spiro atoms. The number of nitrogens with one attached hydrogen (secondary N) is 2. The molecule has 0 amide bonds. The summed E-state index contributed by atoms with van der Waals surface area (Å²) in [7, 11) is -3.49. The van der Waals surface area contributed by atoms with Gasteiger partial charge in [-0.15, -0.1) is 0 Å². The zero-order chi connectivity index (χ0) is 13.0. The lowest BCUT2D eigenvalue weighted by Crippen LogP contribution is -2.24. The standard InChI is InChI=1S/C9H11ClN4O2S2/c10-9-13-6-8(17-9)18(15,16)14-3-1-2-7-11-4-5-12-7/h4-6,14H,1-3H2,(H,11,12). The van der Waals surface area contributed by atoms with Gasteiger partial charge in [0.2, 0.25) is 0 Å². The Bertz CT molecular complexity index is 594. The second kappa shape index (κ2) is 5.79. The lowest BCUT2D eigenvalue weighted by atomic mass is 10.3. The molecule has 0 bridgehead atoms. The molecular formula is C9H11ClN4O2S2. The second-order valence-corrected chi connectivity index (χ2v) is 7.08. The van der Waals surface area contributed by atoms with Crippen molar-refractivity contribution in [2.75, 3.05) is 6.54 Å². The lowest BCUT2D eigenvalue weighted by Gasteiger charge is -2.03. The van der Waals surface area contributed by atoms with Crippen LogP contribution in [-0.4, -0.2) is 29.9 Å². The van der Waals surface area contributed by atoms with Crippen molar-refractivity contribution in [2.24, 2.45) is 0 Å². The average molecular weight is 307 g/mol. The number of nitrogens with zero attached hydrogens (tertiary/aromatic N) is 2. The molecule has 2 aromatic rings. The van der Waals surface area contributed by atoms with Crippen molar-refractivity contribution in [3.05, 3.63) is 28.9 Å². The number of hydrogen-bond acceptors (Lipinski definition) is 5. The first kappa shape index (κ1) is 13.5. The highest BCUT2D eigenvalue weighted by atomic mass is 35.5. The number of rotatable bonds is 6. The van der Waals surface area contributed by atoms with Gasteiger partial charge in [-0.1, -0.05) is 22.9 Å². The minimum absolute atomic E-state index is 0.130. The maximum absolute atomic E-state index is 11.8. The van der Waals surface area contributed by atoms with Crippen molar-refractivity contribution in [3.8, 4) is 0 Å². The molecule has 0 aromatic carbocycles. The second-order valence-electron chi connectivity index (χ2n) is 3.47. The number of H-pyrrole nitrogens is 1. The molecule has 0 aliphatic rings. The maximum Gasteiger partial charge on any atom is 0.251 e. The SMILES string of the molecule is O=S(=O)(NCCCc1ncc[nH]1)c1cnc(Cl)s1. The normalized spacial score (nSPS) is 11.8. The van der Waals surface area contributed by atoms with Crippen LogP contribution in [0.2, 0.25) is 4.47 Å². The summed E-state index contributed by atoms with van der Waals surface area (Å²) in [5.74, 6) is 0.843. The lowest BCUT2D eigenvalue weighted by molar-refractivity contribution is 0.580. The van der Waals surface area contributed by atoms with Crippen molar-refractivity contribution < 1.29 is 8.42 Å². The van der Waals surface area contributed by atoms with Crippen LogP contribution >= 0.6 is 22.9 Å². The van der Waals surface area contributed by atoms with E-state index >= 15 is 0 Å². The number of aromatic nitrogens is 3. The maximum atomic E-state index is 11.8. The van der Waals surface area contributed by atoms with Crippen molar-refractivity contribution in [2.45, 2.75) is 17.1 Å². The van der Waals surface area contributed by atoms with Gasteiger partial charge in [-0.3, -0.25) is 0 Å². The number of aryl methyl sites for hydroxylation is 1. The highest BCUT2D eigenvalue weighted by Crippen LogP contribution is 2.21. The summed E-state index contributed by atoms with van der Waals surface area (Å²) in [6.45, 7) is 0.346. The van der Waals surface area contributed by atoms with Gasteiger partial charge >= 0.3 is 0 Å². The minimum Gasteiger partial charge on any atom is -0.349 e. The smallest absolute Gasteiger partial charge is 0.251 e. The number of halogens is 1. The van der Waals surface area contributed by atoms with E-state index in [9.17, 15) is 8.42 Å². The van der Waals surface area contributed by atoms with E-state index in [2.05, 4.69) is 19.7 Å². The first-order chi connectivity index (χ1) is 8.58. The average Bonchev–Trinajstić information content (AvgIpc) is 2.95. The van der Waals surface area contributed by atoms with Crippen LogP contribution in [-0.2, 0) is 16.4 Å². The van der Waals surface area contributed by atoms with E-state index in [1.165, 1.54) is 6.20 Å². The van der Waals surface area contributed by atoms with E-state index in [0.717, 1.165) is 17.2 Å². The van der Waals surface area contributed by atoms with Crippen LogP contribution in [0, 0.1) is 0 Å². The van der Waals surface area contributed by atoms with E-state index in [1.54, 1.807) is 12.4 Å². The molecule has 0 saturated heterocycles. The predicted octanol–water partition coefficient (Wildman–Crippen LogP) is 1.43. The van der Waals surface area contributed by atoms with Gasteiger partial charge in [0.05, 0.1) is 6.20 Å². The van der Waals surface area contributed by atoms with Crippen LogP contribution in [0.5, 0.6) is 0 Å². The summed E-state index contributed by atoms with van der Waals surface area (Å²) in [6.07, 6.45) is 6.01. The van der Waals surface area contributed by atoms with E-state index in [1.807, 2.05) is 0 Å². The summed E-state index contributed by atoms with van der Waals surface area (Å²) in [5, 5.41) is 0. The molecule has 0 unspecified atom stereocenters. The van der Waals surface area contributed by atoms with E-state index in [-0.39, 0.29) is 8.68 Å². The molecule has 0 aliphatic carbocycles. The largest absolute Gasteiger partial charge is 0.349 e. The molecule has 2 rings (SSSR count). The summed E-state index contributed by atoms with van der Waals surface area (Å²) < 4.78 is 26.4. The number of hydrogen-bond donors (Lipinski definition) is 2. The van der Waals surface area contributed by atoms with E-state index < -0.39 is 10.0 Å². The Balaban J connectivity index is 1.82. The van der Waals surface area contributed by atoms with Gasteiger partial charge in [-0.25, -0.2) is 23.1 Å². The number of sulfonamides is 1. The monoisotopic (exact) mass is 306 g/mol. The highest BCUT2D eigenvalue weighted by Gasteiger charge is 2.16. The van der Waals surface area contributed by atoms with Crippen molar-refractivity contribution in [3.63, 3.8) is 0 Å². The molecule has 18 heavy (non-hydrogen) atoms. The van der Waals surface area contributed by atoms with Gasteiger partial charge in [-0.2, -0.15) is 0 Å². The molecule has 2 N–H and O–H groups in total. The predicted molar refractivity (Wildman–Crippen MR) is 69.2 cm³/mol. The fraction of sp³-hybridized carbons (Fsp3) is 0.333. The Hall–Kier alpha value is -0.960. The Labute approximate surface area is 113 Å². The fourth-order valence-corrected chi connectivity index (χ4v) is 3.74. The molecule has 0 radical (unpaired) electrons. The summed E-state index contributed by atoms with van der Waals surface area (Å²) in [6, 6.07) is 0. The van der Waals surface area contributed by atoms with Crippen LogP contribution < -0.4 is 4.72 Å². The zero-order valence-electron chi connectivity index (χ0n) is 9.26. The van der Waals surface area contributed by atoms with Gasteiger partial charge in [0.15, 0.2) is 8.68 Å². The van der Waals surface area contributed by atoms with Gasteiger partial charge in [0.25, 0.3) is 10.0 Å². The third kappa shape index (κ3) is 3.52. The summed E-state index contributed by atoms with van der Waals surface area (Å²) in [5.41, 5.74) is 0. The third-order valence-electron chi connectivity index (χ3n) is 2.16. The molecule has 6 nitrogen and oxygen atoms in total. The Morgan fingerprint density at radius 3 is 2.89 bits per heavy atom. The quantitative estimate of drug-likeness (QED) is 0.790. The van der Waals surface area contributed by atoms with Gasteiger partial charge in [-0.05, 0) is 6.42 Å². The van der Waals surface area contributed by atoms with Gasteiger partial charge in [0.1, 0.15) is 5.82 Å². The van der Waals surface area contributed by atoms with Crippen molar-refractivity contribution in [1.82, 2.24) is 19.7 Å². The highest BCUT2D eigenvalue weighted by molar-refractivity contribution is 7.91. The molecule has 0 fully saturated rings. The van der Waals surface area contributed by atoms with Crippen molar-refractivity contribution in [1.29, 1.82) is 0 Å². The molecule has 9 heteroatoms. The summed E-state index contributed by atoms with van der Waals surface area (Å²) >= 11 is 6.53. The van der Waals surface area contributed by atoms with Crippen LogP contribution in [0.1, 0.15) is 12.2 Å². The zero-order valence-corrected chi connectivity index (χ0v) is 11.6. The third-order valence-corrected chi connectivity index (χ3v) is 5.20. The molecule has 98 valence electrons. The Morgan fingerprint density at radius 2 is 2.28 bits per heavy atom. The fourth-order valence-electron chi connectivity index (χ4n) is 1.33. The van der Waals surface area contributed by atoms with E-state index in [4.69, 9.17) is 11.6 Å². The molecule has 2 heterocycles. The van der Waals surface area contributed by atoms with Crippen LogP contribution in [0.15, 0.2) is 22.8 Å². The first-order valence-corrected chi connectivity index (χ1v) is 7.85. The van der Waals surface area contributed by atoms with Crippen LogP contribution in [0.3, 0.4) is 0 Å². The topological polar surface area (TPSA) is 87.7 Å². The number of imidazole rings is 1. The van der Waals surface area contributed by atoms with E-state index in [0.29, 0.717) is 19.4 Å². The molecule has 2 aromatic heterocycles. The van der Waals surface area contributed by atoms with Gasteiger partial charge in [0, 0.05) is 25.4 Å². The molecular weight excluding hydrogens is 296 g/mol. The number of aromatic amines is 1. The molecule has 0 aliphatic heterocycles. The summed E-state index contributed by atoms with van der Waals surface area (Å²) in [4.78, 5) is 10.7. The van der Waals surface area contributed by atoms with Crippen molar-refractivity contribution >= 4 is 33.0 Å². The van der Waals surface area contributed by atoms with Crippen LogP contribution in [0.25, 0.3) is 0 Å². The minimum atomic E-state index is -3.49. The van der Waals surface area contributed by atoms with Crippen LogP contribution in [0.4, 0.5) is 0 Å². The molecule has 0 saturated carbocycles. The Morgan fingerprint density at radius 1 is 1.44 bits per heavy atom. The first-order valence-electron chi connectivity index (χ1n) is 5.17. The number of thiazole rings is 1. The molecule has 0 atom stereocenters. The van der Waals surface area contributed by atoms with Gasteiger partial charge < -0.3 is 4.98 Å².